The van der Waals surface area contributed by atoms with Crippen molar-refractivity contribution in [2.45, 2.75) is 38.8 Å². The number of aryl methyl sites for hydroxylation is 2. The van der Waals surface area contributed by atoms with Crippen molar-refractivity contribution in [1.29, 1.82) is 0 Å². The summed E-state index contributed by atoms with van der Waals surface area (Å²) in [5, 5.41) is 2.77. The van der Waals surface area contributed by atoms with Crippen molar-refractivity contribution in [3.63, 3.8) is 0 Å². The normalized spacial score (nSPS) is 13.8. The number of nitrogens with one attached hydrogen (secondary N) is 1. The lowest BCUT2D eigenvalue weighted by atomic mass is 10.2. The first-order chi connectivity index (χ1) is 13.2. The Morgan fingerprint density at radius 1 is 1.22 bits per heavy atom. The molecule has 0 radical (unpaired) electrons. The minimum absolute atomic E-state index is 0.115. The highest BCUT2D eigenvalue weighted by Gasteiger charge is 2.18. The fraction of sp³-hybridized carbons (Fsp3) is 0.368. The van der Waals surface area contributed by atoms with Crippen LogP contribution in [0.25, 0.3) is 11.2 Å². The maximum Gasteiger partial charge on any atom is 0.282 e. The number of anilines is 1. The van der Waals surface area contributed by atoms with E-state index in [0.29, 0.717) is 22.6 Å². The maximum absolute atomic E-state index is 12.8. The number of carbonyl (C=O) groups is 1. The second-order valence-corrected chi connectivity index (χ2v) is 6.62. The lowest BCUT2D eigenvalue weighted by Gasteiger charge is -2.08. The number of methoxy groups -OCH3 is 1. The highest BCUT2D eigenvalue weighted by molar-refractivity contribution is 5.90. The Morgan fingerprint density at radius 3 is 2.81 bits per heavy atom. The van der Waals surface area contributed by atoms with Crippen LogP contribution in [-0.4, -0.2) is 32.1 Å². The van der Waals surface area contributed by atoms with Crippen LogP contribution in [0.3, 0.4) is 0 Å². The molecule has 1 aliphatic heterocycles. The smallest absolute Gasteiger partial charge is 0.282 e. The fourth-order valence-electron chi connectivity index (χ4n) is 3.37. The minimum atomic E-state index is -0.302. The summed E-state index contributed by atoms with van der Waals surface area (Å²) in [6.45, 7) is 0.718. The zero-order valence-electron chi connectivity index (χ0n) is 15.1. The molecule has 0 aliphatic carbocycles. The Morgan fingerprint density at radius 2 is 2.04 bits per heavy atom. The van der Waals surface area contributed by atoms with Gasteiger partial charge in [-0.2, -0.15) is 0 Å². The molecule has 0 unspecified atom stereocenters. The number of benzene rings is 1. The standard InChI is InChI=1S/C19H21N5O3/c1-27-14-8-6-13(7-9-14)21-16(25)11-23-12-20-18-17(19(23)26)22-15-5-3-2-4-10-24(15)18/h6-9,12H,2-5,10-11H2,1H3,(H,21,25). The first-order valence-electron chi connectivity index (χ1n) is 9.04. The van der Waals surface area contributed by atoms with Crippen molar-refractivity contribution >= 4 is 22.8 Å². The lowest BCUT2D eigenvalue weighted by Crippen LogP contribution is -2.28. The predicted molar refractivity (Wildman–Crippen MR) is 101 cm³/mol. The monoisotopic (exact) mass is 367 g/mol. The van der Waals surface area contributed by atoms with Crippen molar-refractivity contribution in [3.8, 4) is 5.75 Å². The van der Waals surface area contributed by atoms with Gasteiger partial charge in [-0.25, -0.2) is 9.97 Å². The van der Waals surface area contributed by atoms with Crippen LogP contribution in [0.1, 0.15) is 25.1 Å². The average Bonchev–Trinajstić information content (AvgIpc) is 2.86. The number of fused-ring (bicyclic) bond motifs is 3. The Labute approximate surface area is 155 Å². The molecule has 1 aromatic carbocycles. The molecular formula is C19H21N5O3. The fourth-order valence-corrected chi connectivity index (χ4v) is 3.37. The molecular weight excluding hydrogens is 346 g/mol. The molecule has 0 saturated carbocycles. The van der Waals surface area contributed by atoms with Gasteiger partial charge >= 0.3 is 0 Å². The van der Waals surface area contributed by atoms with Crippen LogP contribution in [0, 0.1) is 0 Å². The van der Waals surface area contributed by atoms with E-state index in [1.807, 2.05) is 4.57 Å². The zero-order valence-corrected chi connectivity index (χ0v) is 15.1. The Bertz CT molecular complexity index is 1040. The number of hydrogen-bond donors (Lipinski definition) is 1. The molecule has 27 heavy (non-hydrogen) atoms. The van der Waals surface area contributed by atoms with Gasteiger partial charge in [-0.1, -0.05) is 6.42 Å². The molecule has 0 fully saturated rings. The van der Waals surface area contributed by atoms with E-state index < -0.39 is 0 Å². The summed E-state index contributed by atoms with van der Waals surface area (Å²) in [5.74, 6) is 1.31. The molecule has 8 heteroatoms. The van der Waals surface area contributed by atoms with Crippen molar-refractivity contribution in [2.24, 2.45) is 0 Å². The molecule has 3 aromatic rings. The maximum atomic E-state index is 12.8. The third kappa shape index (κ3) is 3.42. The third-order valence-electron chi connectivity index (χ3n) is 4.77. The molecule has 4 rings (SSSR count). The quantitative estimate of drug-likeness (QED) is 0.761. The topological polar surface area (TPSA) is 91.0 Å². The Kier molecular flexibility index (Phi) is 4.62. The summed E-state index contributed by atoms with van der Waals surface area (Å²) in [6, 6.07) is 7.00. The second kappa shape index (κ2) is 7.22. The van der Waals surface area contributed by atoms with Crippen LogP contribution in [0.5, 0.6) is 5.75 Å². The van der Waals surface area contributed by atoms with Gasteiger partial charge in [0, 0.05) is 18.7 Å². The van der Waals surface area contributed by atoms with Gasteiger partial charge in [-0.3, -0.25) is 14.2 Å². The molecule has 0 bridgehead atoms. The average molecular weight is 367 g/mol. The van der Waals surface area contributed by atoms with E-state index in [1.54, 1.807) is 31.4 Å². The summed E-state index contributed by atoms with van der Waals surface area (Å²) in [6.07, 6.45) is 5.58. The summed E-state index contributed by atoms with van der Waals surface area (Å²) >= 11 is 0. The SMILES string of the molecule is COc1ccc(NC(=O)Cn2cnc3c(nc4n3CCCCC4)c2=O)cc1. The van der Waals surface area contributed by atoms with Crippen LogP contribution < -0.4 is 15.6 Å². The van der Waals surface area contributed by atoms with Gasteiger partial charge < -0.3 is 14.6 Å². The number of nitrogens with zero attached hydrogens (tertiary/aromatic N) is 4. The van der Waals surface area contributed by atoms with Crippen molar-refractivity contribution in [1.82, 2.24) is 19.1 Å². The number of imidazole rings is 1. The van der Waals surface area contributed by atoms with E-state index in [2.05, 4.69) is 15.3 Å². The van der Waals surface area contributed by atoms with E-state index in [-0.39, 0.29) is 18.0 Å². The molecule has 1 amide bonds. The van der Waals surface area contributed by atoms with Crippen LogP contribution >= 0.6 is 0 Å². The van der Waals surface area contributed by atoms with Crippen LogP contribution in [0.2, 0.25) is 0 Å². The van der Waals surface area contributed by atoms with Gasteiger partial charge in [-0.15, -0.1) is 0 Å². The second-order valence-electron chi connectivity index (χ2n) is 6.62. The number of amides is 1. The number of aromatic nitrogens is 4. The predicted octanol–water partition coefficient (Wildman–Crippen LogP) is 1.97. The van der Waals surface area contributed by atoms with Crippen molar-refractivity contribution < 1.29 is 9.53 Å². The van der Waals surface area contributed by atoms with E-state index in [1.165, 1.54) is 10.9 Å². The molecule has 1 N–H and O–H groups in total. The first-order valence-corrected chi connectivity index (χ1v) is 9.04. The number of hydrogen-bond acceptors (Lipinski definition) is 5. The molecule has 140 valence electrons. The van der Waals surface area contributed by atoms with E-state index in [0.717, 1.165) is 38.1 Å². The number of carbonyl (C=O) groups excluding carboxylic acids is 1. The highest BCUT2D eigenvalue weighted by atomic mass is 16.5. The van der Waals surface area contributed by atoms with Gasteiger partial charge in [0.25, 0.3) is 5.56 Å². The molecule has 0 atom stereocenters. The van der Waals surface area contributed by atoms with Gasteiger partial charge in [0.15, 0.2) is 11.2 Å². The molecule has 0 spiro atoms. The Balaban J connectivity index is 1.55. The van der Waals surface area contributed by atoms with Gasteiger partial charge in [-0.05, 0) is 37.1 Å². The van der Waals surface area contributed by atoms with Crippen LogP contribution in [-0.2, 0) is 24.3 Å². The van der Waals surface area contributed by atoms with E-state index >= 15 is 0 Å². The summed E-state index contributed by atoms with van der Waals surface area (Å²) in [5.41, 5.74) is 1.30. The first kappa shape index (κ1) is 17.3. The molecule has 2 aromatic heterocycles. The minimum Gasteiger partial charge on any atom is -0.497 e. The molecule has 1 aliphatic rings. The van der Waals surface area contributed by atoms with Crippen LogP contribution in [0.4, 0.5) is 5.69 Å². The van der Waals surface area contributed by atoms with Crippen LogP contribution in [0.15, 0.2) is 35.4 Å². The van der Waals surface area contributed by atoms with Gasteiger partial charge in [0.2, 0.25) is 5.91 Å². The highest BCUT2D eigenvalue weighted by Crippen LogP contribution is 2.18. The third-order valence-corrected chi connectivity index (χ3v) is 4.77. The summed E-state index contributed by atoms with van der Waals surface area (Å²) < 4.78 is 8.43. The molecule has 3 heterocycles. The number of ether oxygens (including phenoxy) is 1. The van der Waals surface area contributed by atoms with E-state index in [9.17, 15) is 9.59 Å². The Hall–Kier alpha value is -3.16. The lowest BCUT2D eigenvalue weighted by molar-refractivity contribution is -0.116. The van der Waals surface area contributed by atoms with Gasteiger partial charge in [0.1, 0.15) is 24.4 Å². The molecule has 8 nitrogen and oxygen atoms in total. The molecule has 0 saturated heterocycles. The van der Waals surface area contributed by atoms with Crippen molar-refractivity contribution in [2.75, 3.05) is 12.4 Å². The summed E-state index contributed by atoms with van der Waals surface area (Å²) in [4.78, 5) is 34.0. The van der Waals surface area contributed by atoms with Gasteiger partial charge in [0.05, 0.1) is 7.11 Å². The van der Waals surface area contributed by atoms with E-state index in [4.69, 9.17) is 4.74 Å². The van der Waals surface area contributed by atoms with Crippen molar-refractivity contribution in [3.05, 3.63) is 46.8 Å². The number of rotatable bonds is 4. The zero-order chi connectivity index (χ0) is 18.8. The largest absolute Gasteiger partial charge is 0.497 e. The summed E-state index contributed by atoms with van der Waals surface area (Å²) in [7, 11) is 1.58.